The van der Waals surface area contributed by atoms with Crippen molar-refractivity contribution in [3.8, 4) is 17.6 Å². The van der Waals surface area contributed by atoms with E-state index in [2.05, 4.69) is 15.6 Å². The van der Waals surface area contributed by atoms with Crippen LogP contribution in [0.25, 0.3) is 0 Å². The molecule has 2 aromatic rings. The summed E-state index contributed by atoms with van der Waals surface area (Å²) < 4.78 is 5.64. The highest BCUT2D eigenvalue weighted by atomic mass is 16.5. The van der Waals surface area contributed by atoms with E-state index in [1.165, 1.54) is 0 Å². The highest BCUT2D eigenvalue weighted by Crippen LogP contribution is 2.20. The summed E-state index contributed by atoms with van der Waals surface area (Å²) in [6.45, 7) is 3.83. The molecule has 0 bridgehead atoms. The average Bonchev–Trinajstić information content (AvgIpc) is 2.66. The summed E-state index contributed by atoms with van der Waals surface area (Å²) in [7, 11) is 0. The number of nitrogens with one attached hydrogen (secondary N) is 2. The van der Waals surface area contributed by atoms with Crippen LogP contribution in [-0.4, -0.2) is 29.4 Å². The Morgan fingerprint density at radius 1 is 1.19 bits per heavy atom. The fourth-order valence-electron chi connectivity index (χ4n) is 2.41. The third-order valence-electron chi connectivity index (χ3n) is 3.66. The predicted molar refractivity (Wildman–Crippen MR) is 100 cm³/mol. The van der Waals surface area contributed by atoms with Gasteiger partial charge in [-0.3, -0.25) is 14.6 Å². The summed E-state index contributed by atoms with van der Waals surface area (Å²) >= 11 is 0. The molecule has 0 radical (unpaired) electrons. The number of nitriles is 1. The van der Waals surface area contributed by atoms with Crippen LogP contribution in [0, 0.1) is 17.2 Å². The number of hydrogen-bond donors (Lipinski definition) is 2. The fraction of sp³-hybridized carbons (Fsp3) is 0.300. The van der Waals surface area contributed by atoms with E-state index in [-0.39, 0.29) is 24.3 Å². The zero-order valence-electron chi connectivity index (χ0n) is 15.3. The monoisotopic (exact) mass is 366 g/mol. The summed E-state index contributed by atoms with van der Waals surface area (Å²) in [4.78, 5) is 28.6. The van der Waals surface area contributed by atoms with Gasteiger partial charge in [0, 0.05) is 11.8 Å². The maximum Gasteiger partial charge on any atom is 0.251 e. The van der Waals surface area contributed by atoms with Crippen molar-refractivity contribution in [2.75, 3.05) is 6.54 Å². The molecule has 0 spiro atoms. The first-order valence-electron chi connectivity index (χ1n) is 8.63. The molecular formula is C20H22N4O3. The summed E-state index contributed by atoms with van der Waals surface area (Å²) in [6.07, 6.45) is 3.73. The van der Waals surface area contributed by atoms with Crippen molar-refractivity contribution in [2.24, 2.45) is 5.92 Å². The van der Waals surface area contributed by atoms with Crippen LogP contribution in [-0.2, 0) is 4.79 Å². The second kappa shape index (κ2) is 9.92. The maximum atomic E-state index is 12.5. The second-order valence-electron chi connectivity index (χ2n) is 6.35. The molecule has 1 aromatic carbocycles. The third kappa shape index (κ3) is 6.44. The average molecular weight is 366 g/mol. The molecule has 140 valence electrons. The van der Waals surface area contributed by atoms with Gasteiger partial charge in [-0.05, 0) is 48.7 Å². The number of carbonyl (C=O) groups is 2. The number of ether oxygens (including phenoxy) is 1. The van der Waals surface area contributed by atoms with E-state index in [1.807, 2.05) is 19.9 Å². The number of aromatic nitrogens is 1. The maximum absolute atomic E-state index is 12.5. The van der Waals surface area contributed by atoms with Crippen molar-refractivity contribution in [2.45, 2.75) is 26.3 Å². The minimum absolute atomic E-state index is 0.0936. The largest absolute Gasteiger partial charge is 0.456 e. The number of rotatable bonds is 8. The normalized spacial score (nSPS) is 11.3. The third-order valence-corrected chi connectivity index (χ3v) is 3.66. The zero-order chi connectivity index (χ0) is 19.6. The van der Waals surface area contributed by atoms with E-state index in [0.29, 0.717) is 23.5 Å². The molecule has 2 N–H and O–H groups in total. The van der Waals surface area contributed by atoms with Gasteiger partial charge in [-0.2, -0.15) is 5.26 Å². The molecular weight excluding hydrogens is 344 g/mol. The summed E-state index contributed by atoms with van der Waals surface area (Å²) in [5, 5.41) is 13.8. The van der Waals surface area contributed by atoms with E-state index in [0.717, 1.165) is 0 Å². The van der Waals surface area contributed by atoms with Gasteiger partial charge in [0.1, 0.15) is 24.1 Å². The van der Waals surface area contributed by atoms with Gasteiger partial charge in [0.15, 0.2) is 0 Å². The molecule has 0 unspecified atom stereocenters. The van der Waals surface area contributed by atoms with Crippen molar-refractivity contribution in [3.63, 3.8) is 0 Å². The second-order valence-corrected chi connectivity index (χ2v) is 6.35. The molecule has 27 heavy (non-hydrogen) atoms. The van der Waals surface area contributed by atoms with E-state index < -0.39 is 6.04 Å². The van der Waals surface area contributed by atoms with Gasteiger partial charge in [-0.15, -0.1) is 0 Å². The van der Waals surface area contributed by atoms with Crippen molar-refractivity contribution >= 4 is 11.8 Å². The molecule has 0 saturated heterocycles. The topological polar surface area (TPSA) is 104 Å². The first kappa shape index (κ1) is 19.9. The lowest BCUT2D eigenvalue weighted by Crippen LogP contribution is -2.47. The molecule has 0 aliphatic rings. The van der Waals surface area contributed by atoms with Crippen LogP contribution < -0.4 is 15.4 Å². The number of carbonyl (C=O) groups excluding carboxylic acids is 2. The molecule has 0 aliphatic heterocycles. The number of hydrogen-bond acceptors (Lipinski definition) is 5. The van der Waals surface area contributed by atoms with Gasteiger partial charge < -0.3 is 15.4 Å². The highest BCUT2D eigenvalue weighted by Gasteiger charge is 2.22. The molecule has 7 nitrogen and oxygen atoms in total. The Balaban J connectivity index is 2.02. The van der Waals surface area contributed by atoms with E-state index >= 15 is 0 Å². The van der Waals surface area contributed by atoms with Crippen molar-refractivity contribution in [3.05, 3.63) is 54.4 Å². The van der Waals surface area contributed by atoms with Crippen LogP contribution >= 0.6 is 0 Å². The molecule has 0 fully saturated rings. The Kier molecular flexibility index (Phi) is 7.32. The van der Waals surface area contributed by atoms with Crippen LogP contribution in [0.15, 0.2) is 48.8 Å². The van der Waals surface area contributed by atoms with Crippen molar-refractivity contribution < 1.29 is 14.3 Å². The summed E-state index contributed by atoms with van der Waals surface area (Å²) in [5.41, 5.74) is 0.412. The summed E-state index contributed by atoms with van der Waals surface area (Å²) in [5.74, 6) is 0.653. The highest BCUT2D eigenvalue weighted by molar-refractivity contribution is 5.97. The van der Waals surface area contributed by atoms with Gasteiger partial charge in [0.2, 0.25) is 5.91 Å². The Bertz CT molecular complexity index is 798. The molecule has 2 rings (SSSR count). The molecule has 0 aliphatic carbocycles. The molecule has 1 heterocycles. The van der Waals surface area contributed by atoms with Crippen molar-refractivity contribution in [1.29, 1.82) is 5.26 Å². The number of nitrogens with zero attached hydrogens (tertiary/aromatic N) is 2. The van der Waals surface area contributed by atoms with E-state index in [4.69, 9.17) is 10.00 Å². The van der Waals surface area contributed by atoms with Crippen LogP contribution in [0.3, 0.4) is 0 Å². The van der Waals surface area contributed by atoms with Crippen LogP contribution in [0.1, 0.15) is 30.6 Å². The molecule has 0 saturated carbocycles. The van der Waals surface area contributed by atoms with E-state index in [1.54, 1.807) is 48.8 Å². The smallest absolute Gasteiger partial charge is 0.251 e. The zero-order valence-corrected chi connectivity index (χ0v) is 15.3. The minimum atomic E-state index is -0.697. The molecule has 1 atom stereocenters. The van der Waals surface area contributed by atoms with Gasteiger partial charge in [-0.1, -0.05) is 13.8 Å². The molecule has 7 heteroatoms. The van der Waals surface area contributed by atoms with Gasteiger partial charge in [-0.25, -0.2) is 0 Å². The predicted octanol–water partition coefficient (Wildman–Crippen LogP) is 2.66. The van der Waals surface area contributed by atoms with Crippen LogP contribution in [0.2, 0.25) is 0 Å². The quantitative estimate of drug-likeness (QED) is 0.699. The van der Waals surface area contributed by atoms with Gasteiger partial charge >= 0.3 is 0 Å². The standard InChI is InChI=1S/C20H22N4O3/c1-14(2)12-18(20(26)23-11-9-21)24-19(25)15-5-7-16(8-6-15)27-17-4-3-10-22-13-17/h3-8,10,13-14,18H,11-12H2,1-2H3,(H,23,26)(H,24,25)/t18-/m0/s1. The Morgan fingerprint density at radius 2 is 1.93 bits per heavy atom. The Labute approximate surface area is 158 Å². The summed E-state index contributed by atoms with van der Waals surface area (Å²) in [6, 6.07) is 11.3. The first-order chi connectivity index (χ1) is 13.0. The number of benzene rings is 1. The lowest BCUT2D eigenvalue weighted by Gasteiger charge is -2.19. The fourth-order valence-corrected chi connectivity index (χ4v) is 2.41. The number of amides is 2. The first-order valence-corrected chi connectivity index (χ1v) is 8.63. The lowest BCUT2D eigenvalue weighted by molar-refractivity contribution is -0.123. The van der Waals surface area contributed by atoms with Gasteiger partial charge in [0.25, 0.3) is 5.91 Å². The van der Waals surface area contributed by atoms with Crippen molar-refractivity contribution in [1.82, 2.24) is 15.6 Å². The van der Waals surface area contributed by atoms with E-state index in [9.17, 15) is 9.59 Å². The van der Waals surface area contributed by atoms with Gasteiger partial charge in [0.05, 0.1) is 12.3 Å². The number of pyridine rings is 1. The molecule has 1 aromatic heterocycles. The Morgan fingerprint density at radius 3 is 2.52 bits per heavy atom. The minimum Gasteiger partial charge on any atom is -0.456 e. The lowest BCUT2D eigenvalue weighted by atomic mass is 10.0. The molecule has 2 amide bonds. The Hall–Kier alpha value is -3.40. The van der Waals surface area contributed by atoms with Crippen LogP contribution in [0.5, 0.6) is 11.5 Å². The van der Waals surface area contributed by atoms with Crippen LogP contribution in [0.4, 0.5) is 0 Å². The SMILES string of the molecule is CC(C)C[C@H](NC(=O)c1ccc(Oc2cccnc2)cc1)C(=O)NCC#N.